The average molecular weight is 222 g/mol. The Hall–Kier alpha value is -1.42. The zero-order valence-corrected chi connectivity index (χ0v) is 9.69. The number of carbonyl (C=O) groups excluding carboxylic acids is 1. The second kappa shape index (κ2) is 6.23. The van der Waals surface area contributed by atoms with Gasteiger partial charge in [0.25, 0.3) is 0 Å². The molecule has 1 rings (SSSR count). The molecule has 0 bridgehead atoms. The van der Waals surface area contributed by atoms with Crippen LogP contribution in [0.5, 0.6) is 0 Å². The number of morpholine rings is 1. The standard InChI is InChI=1S/C12H18N2O2/c1-4-10(13-6-3)7-14-8-11(5-2)16-9-12(14)15/h4,6,11H,1,3,5,7-9H2,2H3. The van der Waals surface area contributed by atoms with Gasteiger partial charge in [-0.2, -0.15) is 0 Å². The maximum absolute atomic E-state index is 11.6. The molecule has 0 radical (unpaired) electrons. The van der Waals surface area contributed by atoms with Gasteiger partial charge in [-0.25, -0.2) is 0 Å². The lowest BCUT2D eigenvalue weighted by Crippen LogP contribution is -2.48. The van der Waals surface area contributed by atoms with E-state index in [0.29, 0.717) is 13.1 Å². The van der Waals surface area contributed by atoms with Crippen LogP contribution in [0.1, 0.15) is 13.3 Å². The van der Waals surface area contributed by atoms with Crippen molar-refractivity contribution in [3.05, 3.63) is 25.4 Å². The van der Waals surface area contributed by atoms with Crippen LogP contribution in [0.4, 0.5) is 0 Å². The Morgan fingerprint density at radius 3 is 3.00 bits per heavy atom. The predicted molar refractivity (Wildman–Crippen MR) is 64.4 cm³/mol. The fourth-order valence-electron chi connectivity index (χ4n) is 1.55. The number of ether oxygens (including phenoxy) is 1. The van der Waals surface area contributed by atoms with Crippen LogP contribution in [0.2, 0.25) is 0 Å². The van der Waals surface area contributed by atoms with E-state index >= 15 is 0 Å². The van der Waals surface area contributed by atoms with Gasteiger partial charge < -0.3 is 9.64 Å². The van der Waals surface area contributed by atoms with Crippen molar-refractivity contribution in [1.29, 1.82) is 0 Å². The fourth-order valence-corrected chi connectivity index (χ4v) is 1.55. The monoisotopic (exact) mass is 222 g/mol. The summed E-state index contributed by atoms with van der Waals surface area (Å²) in [6.07, 6.45) is 4.14. The lowest BCUT2D eigenvalue weighted by molar-refractivity contribution is -0.147. The Labute approximate surface area is 96.3 Å². The summed E-state index contributed by atoms with van der Waals surface area (Å²) in [5.41, 5.74) is 0.750. The second-order valence-corrected chi connectivity index (χ2v) is 3.62. The molecule has 0 saturated carbocycles. The molecule has 4 heteroatoms. The predicted octanol–water partition coefficient (Wildman–Crippen LogP) is 1.39. The van der Waals surface area contributed by atoms with E-state index in [1.807, 2.05) is 6.92 Å². The van der Waals surface area contributed by atoms with Gasteiger partial charge in [0, 0.05) is 12.7 Å². The van der Waals surface area contributed by atoms with Crippen LogP contribution in [0.3, 0.4) is 0 Å². The van der Waals surface area contributed by atoms with Gasteiger partial charge in [-0.05, 0) is 12.5 Å². The topological polar surface area (TPSA) is 41.9 Å². The zero-order valence-electron chi connectivity index (χ0n) is 9.69. The molecule has 1 heterocycles. The number of nitrogens with zero attached hydrogens (tertiary/aromatic N) is 2. The molecule has 0 aromatic heterocycles. The number of carbonyl (C=O) groups is 1. The third-order valence-electron chi connectivity index (χ3n) is 2.52. The molecule has 16 heavy (non-hydrogen) atoms. The van der Waals surface area contributed by atoms with Gasteiger partial charge in [0.1, 0.15) is 6.61 Å². The third-order valence-corrected chi connectivity index (χ3v) is 2.52. The Morgan fingerprint density at radius 2 is 2.44 bits per heavy atom. The first-order chi connectivity index (χ1) is 7.71. The van der Waals surface area contributed by atoms with E-state index in [0.717, 1.165) is 12.1 Å². The van der Waals surface area contributed by atoms with Gasteiger partial charge in [0.2, 0.25) is 5.91 Å². The summed E-state index contributed by atoms with van der Waals surface area (Å²) in [5.74, 6) is 0.00307. The summed E-state index contributed by atoms with van der Waals surface area (Å²) < 4.78 is 5.37. The lowest BCUT2D eigenvalue weighted by atomic mass is 10.2. The molecular formula is C12H18N2O2. The first kappa shape index (κ1) is 12.6. The van der Waals surface area contributed by atoms with Crippen molar-refractivity contribution in [3.63, 3.8) is 0 Å². The van der Waals surface area contributed by atoms with E-state index in [1.54, 1.807) is 11.0 Å². The van der Waals surface area contributed by atoms with Crippen molar-refractivity contribution < 1.29 is 9.53 Å². The molecule has 1 amide bonds. The van der Waals surface area contributed by atoms with Crippen LogP contribution < -0.4 is 0 Å². The maximum Gasteiger partial charge on any atom is 0.249 e. The van der Waals surface area contributed by atoms with Crippen molar-refractivity contribution in [2.75, 3.05) is 19.7 Å². The molecule has 0 N–H and O–H groups in total. The quantitative estimate of drug-likeness (QED) is 0.660. The van der Waals surface area contributed by atoms with Gasteiger partial charge >= 0.3 is 0 Å². The molecule has 0 spiro atoms. The molecule has 88 valence electrons. The minimum absolute atomic E-state index is 0.00307. The van der Waals surface area contributed by atoms with Gasteiger partial charge in [-0.15, -0.1) is 0 Å². The highest BCUT2D eigenvalue weighted by molar-refractivity contribution is 5.98. The van der Waals surface area contributed by atoms with Crippen molar-refractivity contribution in [2.24, 2.45) is 4.99 Å². The Balaban J connectivity index is 2.63. The van der Waals surface area contributed by atoms with Crippen LogP contribution in [0, 0.1) is 0 Å². The molecule has 4 nitrogen and oxygen atoms in total. The number of amides is 1. The fraction of sp³-hybridized carbons (Fsp3) is 0.500. The van der Waals surface area contributed by atoms with E-state index in [1.165, 1.54) is 6.20 Å². The zero-order chi connectivity index (χ0) is 12.0. The van der Waals surface area contributed by atoms with E-state index in [9.17, 15) is 4.79 Å². The third kappa shape index (κ3) is 3.31. The van der Waals surface area contributed by atoms with Crippen LogP contribution in [0.15, 0.2) is 30.4 Å². The summed E-state index contributed by atoms with van der Waals surface area (Å²) in [4.78, 5) is 17.4. The second-order valence-electron chi connectivity index (χ2n) is 3.62. The van der Waals surface area contributed by atoms with Gasteiger partial charge in [-0.3, -0.25) is 9.79 Å². The van der Waals surface area contributed by atoms with Gasteiger partial charge in [-0.1, -0.05) is 20.1 Å². The summed E-state index contributed by atoms with van der Waals surface area (Å²) in [6.45, 7) is 10.5. The Bertz CT molecular complexity index is 310. The molecule has 1 saturated heterocycles. The minimum atomic E-state index is 0.00307. The molecule has 0 aromatic rings. The van der Waals surface area contributed by atoms with E-state index < -0.39 is 0 Å². The van der Waals surface area contributed by atoms with Crippen LogP contribution in [-0.2, 0) is 9.53 Å². The van der Waals surface area contributed by atoms with Crippen molar-refractivity contribution in [1.82, 2.24) is 4.90 Å². The Kier molecular flexibility index (Phi) is 4.92. The highest BCUT2D eigenvalue weighted by Crippen LogP contribution is 2.09. The summed E-state index contributed by atoms with van der Waals surface area (Å²) >= 11 is 0. The van der Waals surface area contributed by atoms with Crippen molar-refractivity contribution >= 4 is 11.6 Å². The molecule has 0 aliphatic carbocycles. The van der Waals surface area contributed by atoms with E-state index in [-0.39, 0.29) is 18.6 Å². The van der Waals surface area contributed by atoms with Crippen molar-refractivity contribution in [2.45, 2.75) is 19.4 Å². The summed E-state index contributed by atoms with van der Waals surface area (Å²) in [6, 6.07) is 0. The molecule has 1 atom stereocenters. The number of aliphatic imine (C=N–C) groups is 1. The van der Waals surface area contributed by atoms with E-state index in [4.69, 9.17) is 4.74 Å². The summed E-state index contributed by atoms with van der Waals surface area (Å²) in [7, 11) is 0. The molecule has 1 fully saturated rings. The van der Waals surface area contributed by atoms with E-state index in [2.05, 4.69) is 18.2 Å². The minimum Gasteiger partial charge on any atom is -0.367 e. The normalized spacial score (nSPS) is 22.1. The maximum atomic E-state index is 11.6. The van der Waals surface area contributed by atoms with Gasteiger partial charge in [0.05, 0.1) is 18.4 Å². The van der Waals surface area contributed by atoms with Gasteiger partial charge in [0.15, 0.2) is 0 Å². The molecule has 1 aliphatic rings. The molecule has 1 unspecified atom stereocenters. The SMILES string of the molecule is C=CN=C(C=C)CN1CC(CC)OCC1=O. The summed E-state index contributed by atoms with van der Waals surface area (Å²) in [5, 5.41) is 0. The van der Waals surface area contributed by atoms with Crippen LogP contribution in [0.25, 0.3) is 0 Å². The molecular weight excluding hydrogens is 204 g/mol. The number of rotatable bonds is 5. The largest absolute Gasteiger partial charge is 0.367 e. The molecule has 0 aromatic carbocycles. The van der Waals surface area contributed by atoms with Crippen molar-refractivity contribution in [3.8, 4) is 0 Å². The number of hydrogen-bond donors (Lipinski definition) is 0. The van der Waals surface area contributed by atoms with Crippen LogP contribution in [-0.4, -0.2) is 42.3 Å². The first-order valence-corrected chi connectivity index (χ1v) is 5.40. The Morgan fingerprint density at radius 1 is 1.69 bits per heavy atom. The highest BCUT2D eigenvalue weighted by Gasteiger charge is 2.25. The average Bonchev–Trinajstić information content (AvgIpc) is 2.31. The lowest BCUT2D eigenvalue weighted by Gasteiger charge is -2.32. The molecule has 1 aliphatic heterocycles. The van der Waals surface area contributed by atoms with Crippen LogP contribution >= 0.6 is 0 Å². The highest BCUT2D eigenvalue weighted by atomic mass is 16.5. The number of hydrogen-bond acceptors (Lipinski definition) is 3. The first-order valence-electron chi connectivity index (χ1n) is 5.40. The smallest absolute Gasteiger partial charge is 0.249 e.